The van der Waals surface area contributed by atoms with Crippen LogP contribution in [0.4, 0.5) is 0 Å². The molecule has 92 valence electrons. The number of primary amides is 1. The minimum atomic E-state index is -0.584. The summed E-state index contributed by atoms with van der Waals surface area (Å²) in [5, 5.41) is 0. The first kappa shape index (κ1) is 11.8. The zero-order valence-corrected chi connectivity index (χ0v) is 9.35. The van der Waals surface area contributed by atoms with Gasteiger partial charge in [0.05, 0.1) is 19.3 Å². The minimum Gasteiger partial charge on any atom is -0.368 e. The number of hydrogen-bond donors (Lipinski definition) is 2. The molecule has 0 aliphatic carbocycles. The summed E-state index contributed by atoms with van der Waals surface area (Å²) >= 11 is 0. The van der Waals surface area contributed by atoms with Crippen molar-refractivity contribution in [2.45, 2.75) is 24.7 Å². The number of ether oxygens (including phenoxy) is 2. The lowest BCUT2D eigenvalue weighted by Crippen LogP contribution is -2.51. The van der Waals surface area contributed by atoms with Crippen LogP contribution in [0.5, 0.6) is 0 Å². The summed E-state index contributed by atoms with van der Waals surface area (Å²) in [5.41, 5.74) is 10.7. The lowest BCUT2D eigenvalue weighted by molar-refractivity contribution is -0.185. The van der Waals surface area contributed by atoms with Crippen molar-refractivity contribution in [2.75, 3.05) is 32.8 Å². The molecule has 0 aromatic carbocycles. The number of piperidine rings is 1. The molecule has 0 bridgehead atoms. The number of carbonyl (C=O) groups is 1. The zero-order valence-electron chi connectivity index (χ0n) is 9.35. The van der Waals surface area contributed by atoms with Gasteiger partial charge in [0.15, 0.2) is 5.79 Å². The summed E-state index contributed by atoms with van der Waals surface area (Å²) in [5.74, 6) is -0.818. The van der Waals surface area contributed by atoms with Gasteiger partial charge in [0.1, 0.15) is 0 Å². The number of carbonyl (C=O) groups excluding carboxylic acids is 1. The van der Waals surface area contributed by atoms with E-state index in [0.29, 0.717) is 19.8 Å². The highest BCUT2D eigenvalue weighted by molar-refractivity contribution is 5.79. The first-order valence-corrected chi connectivity index (χ1v) is 5.66. The van der Waals surface area contributed by atoms with Crippen LogP contribution in [-0.4, -0.2) is 55.5 Å². The normalized spacial score (nSPS) is 27.1. The molecule has 6 nitrogen and oxygen atoms in total. The molecule has 1 unspecified atom stereocenters. The van der Waals surface area contributed by atoms with E-state index < -0.39 is 11.9 Å². The van der Waals surface area contributed by atoms with E-state index in [-0.39, 0.29) is 5.79 Å². The average Bonchev–Trinajstić information content (AvgIpc) is 2.70. The van der Waals surface area contributed by atoms with Crippen molar-refractivity contribution in [3.8, 4) is 0 Å². The van der Waals surface area contributed by atoms with E-state index in [2.05, 4.69) is 4.90 Å². The van der Waals surface area contributed by atoms with Crippen LogP contribution >= 0.6 is 0 Å². The van der Waals surface area contributed by atoms with Crippen molar-refractivity contribution in [3.63, 3.8) is 0 Å². The number of nitrogens with two attached hydrogens (primary N) is 2. The Bertz CT molecular complexity index is 256. The third-order valence-electron chi connectivity index (χ3n) is 3.25. The average molecular weight is 229 g/mol. The van der Waals surface area contributed by atoms with Crippen LogP contribution in [0.3, 0.4) is 0 Å². The Morgan fingerprint density at radius 1 is 1.31 bits per heavy atom. The van der Waals surface area contributed by atoms with Crippen LogP contribution in [0.15, 0.2) is 0 Å². The van der Waals surface area contributed by atoms with Crippen molar-refractivity contribution in [1.82, 2.24) is 4.90 Å². The first-order valence-electron chi connectivity index (χ1n) is 5.66. The number of nitrogens with zero attached hydrogens (tertiary/aromatic N) is 1. The molecule has 6 heteroatoms. The summed E-state index contributed by atoms with van der Waals surface area (Å²) in [7, 11) is 0. The molecular weight excluding hydrogens is 210 g/mol. The molecule has 0 aromatic heterocycles. The van der Waals surface area contributed by atoms with Crippen molar-refractivity contribution >= 4 is 5.91 Å². The van der Waals surface area contributed by atoms with E-state index in [9.17, 15) is 4.79 Å². The van der Waals surface area contributed by atoms with Crippen LogP contribution in [0.2, 0.25) is 0 Å². The Morgan fingerprint density at radius 3 is 2.38 bits per heavy atom. The van der Waals surface area contributed by atoms with Gasteiger partial charge >= 0.3 is 0 Å². The molecule has 2 saturated heterocycles. The predicted octanol–water partition coefficient (Wildman–Crippen LogP) is -1.36. The quantitative estimate of drug-likeness (QED) is 0.623. The molecule has 0 aromatic rings. The Hall–Kier alpha value is -0.690. The second kappa shape index (κ2) is 4.67. The third-order valence-corrected chi connectivity index (χ3v) is 3.25. The maximum absolute atomic E-state index is 10.8. The Morgan fingerprint density at radius 2 is 1.88 bits per heavy atom. The van der Waals surface area contributed by atoms with Gasteiger partial charge in [-0.1, -0.05) is 0 Å². The molecule has 0 saturated carbocycles. The van der Waals surface area contributed by atoms with Crippen molar-refractivity contribution in [2.24, 2.45) is 11.5 Å². The number of likely N-dealkylation sites (tertiary alicyclic amines) is 1. The van der Waals surface area contributed by atoms with E-state index in [4.69, 9.17) is 20.9 Å². The maximum atomic E-state index is 10.8. The van der Waals surface area contributed by atoms with Gasteiger partial charge in [0.2, 0.25) is 5.91 Å². The maximum Gasteiger partial charge on any atom is 0.235 e. The first-order chi connectivity index (χ1) is 7.61. The fraction of sp³-hybridized carbons (Fsp3) is 0.900. The van der Waals surface area contributed by atoms with Gasteiger partial charge in [-0.05, 0) is 0 Å². The molecule has 2 fully saturated rings. The zero-order chi connectivity index (χ0) is 11.6. The van der Waals surface area contributed by atoms with Crippen LogP contribution in [0, 0.1) is 0 Å². The molecule has 16 heavy (non-hydrogen) atoms. The topological polar surface area (TPSA) is 90.8 Å². The van der Waals surface area contributed by atoms with E-state index in [1.54, 1.807) is 0 Å². The predicted molar refractivity (Wildman–Crippen MR) is 57.5 cm³/mol. The largest absolute Gasteiger partial charge is 0.368 e. The highest BCUT2D eigenvalue weighted by Gasteiger charge is 2.39. The molecule has 4 N–H and O–H groups in total. The molecule has 1 atom stereocenters. The van der Waals surface area contributed by atoms with E-state index >= 15 is 0 Å². The summed E-state index contributed by atoms with van der Waals surface area (Å²) in [6.07, 6.45) is 1.66. The molecule has 2 rings (SSSR count). The molecule has 2 aliphatic heterocycles. The van der Waals surface area contributed by atoms with Crippen LogP contribution in [-0.2, 0) is 14.3 Å². The van der Waals surface area contributed by atoms with Gasteiger partial charge in [-0.2, -0.15) is 0 Å². The molecule has 2 aliphatic rings. The monoisotopic (exact) mass is 229 g/mol. The molecule has 1 amide bonds. The summed E-state index contributed by atoms with van der Waals surface area (Å²) in [4.78, 5) is 13.0. The van der Waals surface area contributed by atoms with Gasteiger partial charge < -0.3 is 25.8 Å². The summed E-state index contributed by atoms with van der Waals surface area (Å²) in [6, 6.07) is -0.584. The van der Waals surface area contributed by atoms with E-state index in [0.717, 1.165) is 25.9 Å². The lowest BCUT2D eigenvalue weighted by Gasteiger charge is -2.38. The Balaban J connectivity index is 1.78. The fourth-order valence-corrected chi connectivity index (χ4v) is 2.23. The highest BCUT2D eigenvalue weighted by atomic mass is 16.7. The van der Waals surface area contributed by atoms with Crippen molar-refractivity contribution in [1.29, 1.82) is 0 Å². The molecular formula is C10H19N3O3. The van der Waals surface area contributed by atoms with E-state index in [1.807, 2.05) is 0 Å². The number of rotatable bonds is 3. The third kappa shape index (κ3) is 2.52. The number of amides is 1. The van der Waals surface area contributed by atoms with Crippen molar-refractivity contribution in [3.05, 3.63) is 0 Å². The second-order valence-electron chi connectivity index (χ2n) is 4.42. The van der Waals surface area contributed by atoms with Gasteiger partial charge in [0.25, 0.3) is 0 Å². The SMILES string of the molecule is NC(=O)C(N)CN1CCC2(CC1)OCCO2. The lowest BCUT2D eigenvalue weighted by atomic mass is 10.0. The minimum absolute atomic E-state index is 0.368. The van der Waals surface area contributed by atoms with E-state index in [1.165, 1.54) is 0 Å². The van der Waals surface area contributed by atoms with Gasteiger partial charge in [0, 0.05) is 32.5 Å². The Kier molecular flexibility index (Phi) is 3.44. The second-order valence-corrected chi connectivity index (χ2v) is 4.42. The smallest absolute Gasteiger partial charge is 0.235 e. The summed E-state index contributed by atoms with van der Waals surface area (Å²) < 4.78 is 11.2. The fourth-order valence-electron chi connectivity index (χ4n) is 2.23. The van der Waals surface area contributed by atoms with Crippen LogP contribution in [0.1, 0.15) is 12.8 Å². The van der Waals surface area contributed by atoms with Crippen LogP contribution in [0.25, 0.3) is 0 Å². The van der Waals surface area contributed by atoms with Gasteiger partial charge in [-0.3, -0.25) is 4.79 Å². The van der Waals surface area contributed by atoms with Crippen molar-refractivity contribution < 1.29 is 14.3 Å². The standard InChI is InChI=1S/C10H19N3O3/c11-8(9(12)14)7-13-3-1-10(2-4-13)15-5-6-16-10/h8H,1-7,11H2,(H2,12,14). The van der Waals surface area contributed by atoms with Gasteiger partial charge in [-0.15, -0.1) is 0 Å². The molecule has 2 heterocycles. The van der Waals surface area contributed by atoms with Crippen LogP contribution < -0.4 is 11.5 Å². The highest BCUT2D eigenvalue weighted by Crippen LogP contribution is 2.31. The molecule has 0 radical (unpaired) electrons. The Labute approximate surface area is 94.8 Å². The summed E-state index contributed by atoms with van der Waals surface area (Å²) in [6.45, 7) is 3.55. The van der Waals surface area contributed by atoms with Gasteiger partial charge in [-0.25, -0.2) is 0 Å². The molecule has 1 spiro atoms. The number of hydrogen-bond acceptors (Lipinski definition) is 5.